The Balaban J connectivity index is 0.000000138. The third-order valence-electron chi connectivity index (χ3n) is 3.16. The number of nitrogens with zero attached hydrogens (tertiary/aromatic N) is 1. The van der Waals surface area contributed by atoms with Crippen LogP contribution in [0.3, 0.4) is 0 Å². The predicted octanol–water partition coefficient (Wildman–Crippen LogP) is 4.29. The Morgan fingerprint density at radius 1 is 0.889 bits per heavy atom. The molecule has 0 unspecified atom stereocenters. The molecule has 1 aromatic heterocycles. The zero-order valence-corrected chi connectivity index (χ0v) is 10.7. The molecule has 0 atom stereocenters. The number of hydrogen-bond donors (Lipinski definition) is 0. The zero-order valence-electron chi connectivity index (χ0n) is 10.7. The number of hydrogen-bond acceptors (Lipinski definition) is 1. The van der Waals surface area contributed by atoms with E-state index in [4.69, 9.17) is 0 Å². The molecule has 0 saturated heterocycles. The van der Waals surface area contributed by atoms with E-state index in [0.717, 1.165) is 5.69 Å². The summed E-state index contributed by atoms with van der Waals surface area (Å²) in [4.78, 5) is 3.98. The number of fused-ring (bicyclic) bond motifs is 1. The molecular weight excluding hydrogens is 218 g/mol. The number of pyridine rings is 1. The number of rotatable bonds is 1. The van der Waals surface area contributed by atoms with E-state index in [1.807, 2.05) is 18.2 Å². The summed E-state index contributed by atoms with van der Waals surface area (Å²) in [5, 5.41) is 0. The van der Waals surface area contributed by atoms with Crippen molar-refractivity contribution in [3.05, 3.63) is 72.1 Å². The summed E-state index contributed by atoms with van der Waals surface area (Å²) in [5.41, 5.74) is 4.08. The van der Waals surface area contributed by atoms with Crippen LogP contribution in [0.2, 0.25) is 0 Å². The fourth-order valence-corrected chi connectivity index (χ4v) is 2.17. The van der Waals surface area contributed by atoms with Crippen molar-refractivity contribution in [3.63, 3.8) is 0 Å². The van der Waals surface area contributed by atoms with Crippen LogP contribution >= 0.6 is 0 Å². The van der Waals surface area contributed by atoms with Crippen LogP contribution in [-0.4, -0.2) is 4.98 Å². The predicted molar refractivity (Wildman–Crippen MR) is 77.4 cm³/mol. The van der Waals surface area contributed by atoms with Crippen LogP contribution < -0.4 is 0 Å². The summed E-state index contributed by atoms with van der Waals surface area (Å²) < 4.78 is 0. The molecule has 1 aliphatic rings. The van der Waals surface area contributed by atoms with Gasteiger partial charge in [-0.3, -0.25) is 4.98 Å². The van der Waals surface area contributed by atoms with Gasteiger partial charge in [-0.15, -0.1) is 0 Å². The van der Waals surface area contributed by atoms with Crippen molar-refractivity contribution in [1.29, 1.82) is 0 Å². The second-order valence-corrected chi connectivity index (χ2v) is 4.43. The van der Waals surface area contributed by atoms with Crippen LogP contribution in [0.5, 0.6) is 0 Å². The molecule has 1 heteroatoms. The van der Waals surface area contributed by atoms with E-state index in [1.165, 1.54) is 25.7 Å². The van der Waals surface area contributed by atoms with E-state index in [2.05, 4.69) is 35.8 Å². The molecule has 3 rings (SSSR count). The Bertz CT molecular complexity index is 463. The minimum Gasteiger partial charge on any atom is -0.257 e. The minimum atomic E-state index is 0.924. The smallest absolute Gasteiger partial charge is 0.0623 e. The maximum Gasteiger partial charge on any atom is 0.0623 e. The van der Waals surface area contributed by atoms with Crippen molar-refractivity contribution in [2.45, 2.75) is 25.7 Å². The van der Waals surface area contributed by atoms with Crippen LogP contribution in [-0.2, 0) is 12.8 Å². The van der Waals surface area contributed by atoms with Gasteiger partial charge in [-0.25, -0.2) is 0 Å². The van der Waals surface area contributed by atoms with Gasteiger partial charge in [0, 0.05) is 6.20 Å². The molecule has 0 spiro atoms. The Labute approximate surface area is 109 Å². The van der Waals surface area contributed by atoms with Gasteiger partial charge >= 0.3 is 0 Å². The number of benzene rings is 1. The summed E-state index contributed by atoms with van der Waals surface area (Å²) in [6.45, 7) is 3.57. The fraction of sp³-hybridized carbons (Fsp3) is 0.235. The first-order chi connectivity index (χ1) is 8.90. The van der Waals surface area contributed by atoms with E-state index in [0.29, 0.717) is 0 Å². The molecule has 0 bridgehead atoms. The van der Waals surface area contributed by atoms with E-state index < -0.39 is 0 Å². The Kier molecular flexibility index (Phi) is 4.71. The van der Waals surface area contributed by atoms with Gasteiger partial charge in [0.25, 0.3) is 0 Å². The van der Waals surface area contributed by atoms with Crippen molar-refractivity contribution in [2.24, 2.45) is 0 Å². The molecule has 1 nitrogen and oxygen atoms in total. The highest BCUT2D eigenvalue weighted by molar-refractivity contribution is 5.40. The van der Waals surface area contributed by atoms with Gasteiger partial charge in [0.15, 0.2) is 0 Å². The summed E-state index contributed by atoms with van der Waals surface area (Å²) in [6.07, 6.45) is 8.84. The van der Waals surface area contributed by atoms with Gasteiger partial charge in [0.05, 0.1) is 5.69 Å². The van der Waals surface area contributed by atoms with Crippen molar-refractivity contribution in [3.8, 4) is 0 Å². The summed E-state index contributed by atoms with van der Waals surface area (Å²) in [6, 6.07) is 14.5. The van der Waals surface area contributed by atoms with Crippen molar-refractivity contribution < 1.29 is 0 Å². The lowest BCUT2D eigenvalue weighted by Crippen LogP contribution is -2.00. The Hall–Kier alpha value is -1.89. The average Bonchev–Trinajstić information content (AvgIpc) is 2.49. The van der Waals surface area contributed by atoms with Crippen LogP contribution in [0.4, 0.5) is 0 Å². The van der Waals surface area contributed by atoms with Gasteiger partial charge < -0.3 is 0 Å². The molecule has 92 valence electrons. The van der Waals surface area contributed by atoms with Gasteiger partial charge in [0.1, 0.15) is 0 Å². The first-order valence-corrected chi connectivity index (χ1v) is 6.50. The SMILES string of the molecule is C=Cc1ccccn1.c1ccc2c(c1)CCCC2. The monoisotopic (exact) mass is 237 g/mol. The van der Waals surface area contributed by atoms with Crippen LogP contribution in [0, 0.1) is 0 Å². The highest BCUT2D eigenvalue weighted by atomic mass is 14.6. The summed E-state index contributed by atoms with van der Waals surface area (Å²) in [7, 11) is 0. The maximum absolute atomic E-state index is 3.98. The number of aryl methyl sites for hydroxylation is 2. The minimum absolute atomic E-state index is 0.924. The van der Waals surface area contributed by atoms with E-state index in [9.17, 15) is 0 Å². The third-order valence-corrected chi connectivity index (χ3v) is 3.16. The lowest BCUT2D eigenvalue weighted by atomic mass is 9.92. The molecule has 0 radical (unpaired) electrons. The van der Waals surface area contributed by atoms with Crippen LogP contribution in [0.15, 0.2) is 55.2 Å². The standard InChI is InChI=1S/C10H12.C7H7N/c1-2-6-10-8-4-3-7-9(10)5-1;1-2-7-5-3-4-6-8-7/h1-2,5-6H,3-4,7-8H2;2-6H,1H2. The van der Waals surface area contributed by atoms with Crippen molar-refractivity contribution in [1.82, 2.24) is 4.98 Å². The van der Waals surface area contributed by atoms with Gasteiger partial charge in [-0.2, -0.15) is 0 Å². The van der Waals surface area contributed by atoms with E-state index >= 15 is 0 Å². The normalized spacial score (nSPS) is 12.9. The second-order valence-electron chi connectivity index (χ2n) is 4.43. The van der Waals surface area contributed by atoms with Crippen LogP contribution in [0.25, 0.3) is 6.08 Å². The lowest BCUT2D eigenvalue weighted by molar-refractivity contribution is 0.685. The summed E-state index contributed by atoms with van der Waals surface area (Å²) in [5.74, 6) is 0. The van der Waals surface area contributed by atoms with Gasteiger partial charge in [-0.05, 0) is 55.0 Å². The van der Waals surface area contributed by atoms with E-state index in [1.54, 1.807) is 23.4 Å². The lowest BCUT2D eigenvalue weighted by Gasteiger charge is -2.13. The summed E-state index contributed by atoms with van der Waals surface area (Å²) >= 11 is 0. The third kappa shape index (κ3) is 3.56. The second kappa shape index (κ2) is 6.75. The average molecular weight is 237 g/mol. The quantitative estimate of drug-likeness (QED) is 0.721. The van der Waals surface area contributed by atoms with Crippen molar-refractivity contribution in [2.75, 3.05) is 0 Å². The molecule has 0 aliphatic heterocycles. The molecule has 0 amide bonds. The molecular formula is C17H19N. The first-order valence-electron chi connectivity index (χ1n) is 6.50. The van der Waals surface area contributed by atoms with Crippen molar-refractivity contribution >= 4 is 6.08 Å². The Morgan fingerprint density at radius 3 is 1.94 bits per heavy atom. The van der Waals surface area contributed by atoms with E-state index in [-0.39, 0.29) is 0 Å². The molecule has 18 heavy (non-hydrogen) atoms. The first kappa shape index (κ1) is 12.6. The highest BCUT2D eigenvalue weighted by Crippen LogP contribution is 2.19. The zero-order chi connectivity index (χ0) is 12.6. The maximum atomic E-state index is 3.98. The molecule has 1 aromatic carbocycles. The Morgan fingerprint density at radius 2 is 1.50 bits per heavy atom. The topological polar surface area (TPSA) is 12.9 Å². The fourth-order valence-electron chi connectivity index (χ4n) is 2.17. The van der Waals surface area contributed by atoms with Gasteiger partial charge in [0.2, 0.25) is 0 Å². The highest BCUT2D eigenvalue weighted by Gasteiger charge is 2.05. The van der Waals surface area contributed by atoms with Gasteiger partial charge in [-0.1, -0.05) is 36.9 Å². The molecule has 0 N–H and O–H groups in total. The molecule has 2 aromatic rings. The molecule has 1 aliphatic carbocycles. The largest absolute Gasteiger partial charge is 0.257 e. The number of aromatic nitrogens is 1. The van der Waals surface area contributed by atoms with Crippen LogP contribution in [0.1, 0.15) is 29.7 Å². The molecule has 1 heterocycles. The molecule has 0 saturated carbocycles. The molecule has 0 fully saturated rings.